The third kappa shape index (κ3) is 4.59. The monoisotopic (exact) mass is 379 g/mol. The Hall–Kier alpha value is -3.44. The topological polar surface area (TPSA) is 69.4 Å². The Kier molecular flexibility index (Phi) is 5.64. The Bertz CT molecular complexity index is 998. The normalized spacial score (nSPS) is 11.1. The van der Waals surface area contributed by atoms with Gasteiger partial charge in [-0.3, -0.25) is 14.9 Å². The minimum Gasteiger partial charge on any atom is -0.453 e. The second-order valence-corrected chi connectivity index (χ2v) is 5.99. The van der Waals surface area contributed by atoms with Gasteiger partial charge in [0.2, 0.25) is 5.78 Å². The predicted octanol–water partition coefficient (Wildman–Crippen LogP) is 5.55. The summed E-state index contributed by atoms with van der Waals surface area (Å²) in [5.41, 5.74) is 1.02. The van der Waals surface area contributed by atoms with Crippen LogP contribution in [0.4, 0.5) is 5.69 Å². The molecular weight excluding hydrogens is 366 g/mol. The lowest BCUT2D eigenvalue weighted by atomic mass is 10.1. The van der Waals surface area contributed by atoms with Crippen molar-refractivity contribution >= 4 is 29.1 Å². The van der Waals surface area contributed by atoms with Gasteiger partial charge in [0, 0.05) is 22.7 Å². The van der Waals surface area contributed by atoms with Gasteiger partial charge >= 0.3 is 0 Å². The summed E-state index contributed by atoms with van der Waals surface area (Å²) in [6, 6.07) is 21.3. The fraction of sp³-hybridized carbons (Fsp3) is 0. The van der Waals surface area contributed by atoms with E-state index in [1.54, 1.807) is 54.6 Å². The largest absolute Gasteiger partial charge is 0.453 e. The van der Waals surface area contributed by atoms with E-state index >= 15 is 0 Å². The van der Waals surface area contributed by atoms with Crippen LogP contribution in [0.3, 0.4) is 0 Å². The summed E-state index contributed by atoms with van der Waals surface area (Å²) in [4.78, 5) is 23.2. The Morgan fingerprint density at radius 1 is 0.926 bits per heavy atom. The molecule has 0 radical (unpaired) electrons. The predicted molar refractivity (Wildman–Crippen MR) is 104 cm³/mol. The number of benzene rings is 3. The van der Waals surface area contributed by atoms with Crippen molar-refractivity contribution in [1.29, 1.82) is 0 Å². The number of carbonyl (C=O) groups excluding carboxylic acids is 1. The number of non-ortho nitro benzene ring substituents is 1. The summed E-state index contributed by atoms with van der Waals surface area (Å²) in [7, 11) is 0. The molecule has 134 valence electrons. The minimum absolute atomic E-state index is 0.0585. The average molecular weight is 380 g/mol. The van der Waals surface area contributed by atoms with E-state index in [4.69, 9.17) is 16.3 Å². The van der Waals surface area contributed by atoms with Gasteiger partial charge in [-0.15, -0.1) is 0 Å². The van der Waals surface area contributed by atoms with Crippen LogP contribution in [-0.4, -0.2) is 10.7 Å². The van der Waals surface area contributed by atoms with Crippen LogP contribution < -0.4 is 4.74 Å². The number of nitrogens with zero attached hydrogens (tertiary/aromatic N) is 1. The maximum absolute atomic E-state index is 12.9. The van der Waals surface area contributed by atoms with Gasteiger partial charge in [0.1, 0.15) is 5.75 Å². The van der Waals surface area contributed by atoms with Gasteiger partial charge in [-0.25, -0.2) is 0 Å². The number of halogens is 1. The molecule has 0 aliphatic carbocycles. The molecule has 0 fully saturated rings. The fourth-order valence-electron chi connectivity index (χ4n) is 2.37. The smallest absolute Gasteiger partial charge is 0.269 e. The number of rotatable bonds is 6. The van der Waals surface area contributed by atoms with E-state index in [1.165, 1.54) is 24.3 Å². The molecule has 0 saturated heterocycles. The lowest BCUT2D eigenvalue weighted by molar-refractivity contribution is -0.384. The summed E-state index contributed by atoms with van der Waals surface area (Å²) < 4.78 is 5.75. The fourth-order valence-corrected chi connectivity index (χ4v) is 2.56. The first-order valence-electron chi connectivity index (χ1n) is 8.03. The molecule has 0 spiro atoms. The van der Waals surface area contributed by atoms with Crippen molar-refractivity contribution in [3.63, 3.8) is 0 Å². The summed E-state index contributed by atoms with van der Waals surface area (Å²) in [5, 5.41) is 11.3. The van der Waals surface area contributed by atoms with Gasteiger partial charge in [0.05, 0.1) is 4.92 Å². The second-order valence-electron chi connectivity index (χ2n) is 5.58. The summed E-state index contributed by atoms with van der Waals surface area (Å²) in [5.74, 6) is 0.0419. The van der Waals surface area contributed by atoms with Crippen LogP contribution in [-0.2, 0) is 0 Å². The summed E-state index contributed by atoms with van der Waals surface area (Å²) in [6.45, 7) is 0. The number of hydrogen-bond donors (Lipinski definition) is 0. The minimum atomic E-state index is -0.501. The van der Waals surface area contributed by atoms with Crippen LogP contribution in [0.2, 0.25) is 5.02 Å². The van der Waals surface area contributed by atoms with E-state index in [1.807, 2.05) is 6.07 Å². The number of Topliss-reactive ketones (excluding diaryl/α,β-unsaturated/α-hetero) is 1. The Balaban J connectivity index is 1.98. The van der Waals surface area contributed by atoms with Gasteiger partial charge in [0.25, 0.3) is 5.69 Å². The van der Waals surface area contributed by atoms with Crippen molar-refractivity contribution in [2.45, 2.75) is 0 Å². The lowest BCUT2D eigenvalue weighted by Crippen LogP contribution is -2.09. The Labute approximate surface area is 160 Å². The van der Waals surface area contributed by atoms with E-state index in [2.05, 4.69) is 0 Å². The highest BCUT2D eigenvalue weighted by Gasteiger charge is 2.16. The molecular formula is C21H14ClNO4. The zero-order valence-electron chi connectivity index (χ0n) is 14.0. The molecule has 0 saturated carbocycles. The first-order valence-corrected chi connectivity index (χ1v) is 8.40. The number of allylic oxidation sites excluding steroid dienone is 1. The first kappa shape index (κ1) is 18.4. The maximum Gasteiger partial charge on any atom is 0.269 e. The van der Waals surface area contributed by atoms with E-state index in [-0.39, 0.29) is 17.2 Å². The highest BCUT2D eigenvalue weighted by atomic mass is 35.5. The van der Waals surface area contributed by atoms with Crippen LogP contribution in [0.25, 0.3) is 6.08 Å². The highest BCUT2D eigenvalue weighted by molar-refractivity contribution is 6.32. The van der Waals surface area contributed by atoms with Gasteiger partial charge < -0.3 is 4.74 Å². The lowest BCUT2D eigenvalue weighted by Gasteiger charge is -2.10. The van der Waals surface area contributed by atoms with E-state index < -0.39 is 4.92 Å². The molecule has 3 rings (SSSR count). The molecule has 27 heavy (non-hydrogen) atoms. The van der Waals surface area contributed by atoms with Crippen LogP contribution >= 0.6 is 11.6 Å². The zero-order valence-corrected chi connectivity index (χ0v) is 14.8. The third-order valence-corrected chi connectivity index (χ3v) is 4.07. The van der Waals surface area contributed by atoms with E-state index in [9.17, 15) is 14.9 Å². The van der Waals surface area contributed by atoms with Gasteiger partial charge in [-0.05, 0) is 29.8 Å². The quantitative estimate of drug-likeness (QED) is 0.185. The summed E-state index contributed by atoms with van der Waals surface area (Å²) >= 11 is 6.19. The van der Waals surface area contributed by atoms with Crippen LogP contribution in [0, 0.1) is 10.1 Å². The van der Waals surface area contributed by atoms with Crippen LogP contribution in [0.15, 0.2) is 84.6 Å². The molecule has 0 aromatic heterocycles. The van der Waals surface area contributed by atoms with Crippen molar-refractivity contribution in [3.8, 4) is 5.75 Å². The molecule has 3 aromatic carbocycles. The van der Waals surface area contributed by atoms with Crippen LogP contribution in [0.5, 0.6) is 5.75 Å². The number of carbonyl (C=O) groups is 1. The molecule has 0 aliphatic rings. The molecule has 0 unspecified atom stereocenters. The number of ether oxygens (including phenoxy) is 1. The Morgan fingerprint density at radius 2 is 1.56 bits per heavy atom. The molecule has 5 nitrogen and oxygen atoms in total. The average Bonchev–Trinajstić information content (AvgIpc) is 2.69. The van der Waals surface area contributed by atoms with Gasteiger partial charge in [-0.2, -0.15) is 0 Å². The highest BCUT2D eigenvalue weighted by Crippen LogP contribution is 2.24. The van der Waals surface area contributed by atoms with Gasteiger partial charge in [-0.1, -0.05) is 60.1 Å². The third-order valence-electron chi connectivity index (χ3n) is 3.73. The molecule has 0 aliphatic heterocycles. The molecule has 0 heterocycles. The second kappa shape index (κ2) is 8.29. The summed E-state index contributed by atoms with van der Waals surface area (Å²) in [6.07, 6.45) is 1.55. The number of nitro groups is 1. The van der Waals surface area contributed by atoms with Gasteiger partial charge in [0.15, 0.2) is 5.76 Å². The SMILES string of the molecule is O=C(/C(=C\c1ccccc1Cl)Oc1ccc([N+](=O)[O-])cc1)c1ccccc1. The zero-order chi connectivity index (χ0) is 19.2. The Morgan fingerprint density at radius 3 is 2.19 bits per heavy atom. The molecule has 0 bridgehead atoms. The van der Waals surface area contributed by atoms with Crippen LogP contribution in [0.1, 0.15) is 15.9 Å². The van der Waals surface area contributed by atoms with Crippen molar-refractivity contribution in [2.75, 3.05) is 0 Å². The van der Waals surface area contributed by atoms with Crippen molar-refractivity contribution in [3.05, 3.63) is 111 Å². The van der Waals surface area contributed by atoms with E-state index in [0.717, 1.165) is 0 Å². The van der Waals surface area contributed by atoms with Crippen molar-refractivity contribution < 1.29 is 14.5 Å². The molecule has 0 N–H and O–H groups in total. The van der Waals surface area contributed by atoms with E-state index in [0.29, 0.717) is 21.9 Å². The molecule has 0 amide bonds. The number of hydrogen-bond acceptors (Lipinski definition) is 4. The number of ketones is 1. The maximum atomic E-state index is 12.9. The standard InChI is InChI=1S/C21H14ClNO4/c22-19-9-5-4-8-16(19)14-20(21(24)15-6-2-1-3-7-15)27-18-12-10-17(11-13-18)23(25)26/h1-14H/b20-14+. The number of nitro benzene ring substituents is 1. The van der Waals surface area contributed by atoms with Crippen molar-refractivity contribution in [2.24, 2.45) is 0 Å². The molecule has 6 heteroatoms. The molecule has 3 aromatic rings. The first-order chi connectivity index (χ1) is 13.0. The van der Waals surface area contributed by atoms with Crippen molar-refractivity contribution in [1.82, 2.24) is 0 Å². The molecule has 0 atom stereocenters.